The Morgan fingerprint density at radius 1 is 1.15 bits per heavy atom. The van der Waals surface area contributed by atoms with Crippen LogP contribution in [0.5, 0.6) is 11.5 Å². The summed E-state index contributed by atoms with van der Waals surface area (Å²) >= 11 is 0. The fourth-order valence-corrected chi connectivity index (χ4v) is 1.37. The molecule has 0 radical (unpaired) electrons. The minimum atomic E-state index is -1.27. The van der Waals surface area contributed by atoms with Crippen LogP contribution in [0.4, 0.5) is 4.39 Å². The minimum Gasteiger partial charge on any atom is -0.507 e. The van der Waals surface area contributed by atoms with Gasteiger partial charge < -0.3 is 15.3 Å². The molecule has 0 aliphatic heterocycles. The van der Waals surface area contributed by atoms with Crippen LogP contribution >= 0.6 is 0 Å². The number of phenols is 2. The number of halogens is 1. The van der Waals surface area contributed by atoms with Crippen molar-refractivity contribution in [3.8, 4) is 11.5 Å². The summed E-state index contributed by atoms with van der Waals surface area (Å²) in [4.78, 5) is 0. The van der Waals surface area contributed by atoms with Crippen LogP contribution in [0.3, 0.4) is 0 Å². The van der Waals surface area contributed by atoms with Gasteiger partial charge in [-0.2, -0.15) is 0 Å². The molecule has 0 atom stereocenters. The Hall–Kier alpha value is -1.29. The topological polar surface area (TPSA) is 60.7 Å². The van der Waals surface area contributed by atoms with Crippen LogP contribution in [0.25, 0.3) is 0 Å². The van der Waals surface area contributed by atoms with Gasteiger partial charge in [-0.3, -0.25) is 0 Å². The van der Waals surface area contributed by atoms with E-state index in [1.165, 1.54) is 6.07 Å². The van der Waals surface area contributed by atoms with Gasteiger partial charge in [-0.05, 0) is 25.0 Å². The Kier molecular flexibility index (Phi) is 1.51. The molecule has 1 aromatic rings. The lowest BCUT2D eigenvalue weighted by Crippen LogP contribution is -2.07. The van der Waals surface area contributed by atoms with Crippen molar-refractivity contribution in [1.82, 2.24) is 0 Å². The van der Waals surface area contributed by atoms with Gasteiger partial charge >= 0.3 is 0 Å². The Balaban J connectivity index is 2.61. The molecule has 1 aliphatic rings. The van der Waals surface area contributed by atoms with Crippen LogP contribution in [0, 0.1) is 5.82 Å². The largest absolute Gasteiger partial charge is 0.507 e. The molecule has 3 N–H and O–H groups in total. The number of hydrogen-bond donors (Lipinski definition) is 3. The average Bonchev–Trinajstić information content (AvgIpc) is 2.78. The SMILES string of the molecule is Oc1ccc(O)c(C2(O)CC2)c1F. The van der Waals surface area contributed by atoms with Crippen molar-refractivity contribution >= 4 is 0 Å². The Bertz CT molecular complexity index is 358. The number of rotatable bonds is 1. The van der Waals surface area contributed by atoms with E-state index in [9.17, 15) is 14.6 Å². The fraction of sp³-hybridized carbons (Fsp3) is 0.333. The number of benzene rings is 1. The van der Waals surface area contributed by atoms with Crippen LogP contribution in [0.1, 0.15) is 18.4 Å². The van der Waals surface area contributed by atoms with E-state index in [4.69, 9.17) is 5.11 Å². The summed E-state index contributed by atoms with van der Waals surface area (Å²) in [6, 6.07) is 2.23. The smallest absolute Gasteiger partial charge is 0.174 e. The zero-order valence-corrected chi connectivity index (χ0v) is 6.79. The van der Waals surface area contributed by atoms with Crippen LogP contribution < -0.4 is 0 Å². The van der Waals surface area contributed by atoms with Gasteiger partial charge in [0.05, 0.1) is 11.2 Å². The molecule has 2 rings (SSSR count). The first-order valence-corrected chi connectivity index (χ1v) is 3.98. The number of aromatic hydroxyl groups is 2. The van der Waals surface area contributed by atoms with E-state index in [0.717, 1.165) is 6.07 Å². The Morgan fingerprint density at radius 3 is 2.23 bits per heavy atom. The van der Waals surface area contributed by atoms with E-state index in [1.54, 1.807) is 0 Å². The lowest BCUT2D eigenvalue weighted by Gasteiger charge is -2.11. The van der Waals surface area contributed by atoms with E-state index in [1.807, 2.05) is 0 Å². The molecule has 0 amide bonds. The van der Waals surface area contributed by atoms with Crippen molar-refractivity contribution < 1.29 is 19.7 Å². The van der Waals surface area contributed by atoms with Crippen LogP contribution in [-0.4, -0.2) is 15.3 Å². The maximum absolute atomic E-state index is 13.2. The summed E-state index contributed by atoms with van der Waals surface area (Å²) in [5.74, 6) is -1.79. The first kappa shape index (κ1) is 8.31. The predicted octanol–water partition coefficient (Wildman–Crippen LogP) is 1.22. The molecule has 1 aromatic carbocycles. The third-order valence-electron chi connectivity index (χ3n) is 2.29. The summed E-state index contributed by atoms with van der Waals surface area (Å²) in [6.45, 7) is 0. The Morgan fingerprint density at radius 2 is 1.69 bits per heavy atom. The van der Waals surface area contributed by atoms with Gasteiger partial charge in [0.15, 0.2) is 11.6 Å². The molecule has 1 fully saturated rings. The third kappa shape index (κ3) is 1.14. The molecule has 0 unspecified atom stereocenters. The van der Waals surface area contributed by atoms with Gasteiger partial charge in [-0.1, -0.05) is 0 Å². The van der Waals surface area contributed by atoms with E-state index in [0.29, 0.717) is 12.8 Å². The third-order valence-corrected chi connectivity index (χ3v) is 2.29. The average molecular weight is 184 g/mol. The molecule has 0 spiro atoms. The zero-order valence-electron chi connectivity index (χ0n) is 6.79. The summed E-state index contributed by atoms with van der Waals surface area (Å²) in [6.07, 6.45) is 0.835. The van der Waals surface area contributed by atoms with Crippen molar-refractivity contribution in [2.24, 2.45) is 0 Å². The van der Waals surface area contributed by atoms with Crippen molar-refractivity contribution in [2.75, 3.05) is 0 Å². The maximum atomic E-state index is 13.2. The highest BCUT2D eigenvalue weighted by Crippen LogP contribution is 2.50. The second kappa shape index (κ2) is 2.35. The molecule has 1 saturated carbocycles. The zero-order chi connectivity index (χ0) is 9.64. The van der Waals surface area contributed by atoms with Crippen LogP contribution in [-0.2, 0) is 5.60 Å². The quantitative estimate of drug-likeness (QED) is 0.575. The molecule has 1 aliphatic carbocycles. The maximum Gasteiger partial charge on any atom is 0.174 e. The first-order chi connectivity index (χ1) is 6.04. The second-order valence-corrected chi connectivity index (χ2v) is 3.32. The summed E-state index contributed by atoms with van der Waals surface area (Å²) in [5.41, 5.74) is -1.46. The highest BCUT2D eigenvalue weighted by atomic mass is 19.1. The minimum absolute atomic E-state index is 0.187. The van der Waals surface area contributed by atoms with Gasteiger partial charge in [-0.15, -0.1) is 0 Å². The molecule has 0 aromatic heterocycles. The molecular weight excluding hydrogens is 175 g/mol. The highest BCUT2D eigenvalue weighted by molar-refractivity contribution is 5.46. The monoisotopic (exact) mass is 184 g/mol. The van der Waals surface area contributed by atoms with Crippen LogP contribution in [0.15, 0.2) is 12.1 Å². The lowest BCUT2D eigenvalue weighted by molar-refractivity contribution is 0.142. The van der Waals surface area contributed by atoms with E-state index in [-0.39, 0.29) is 11.3 Å². The van der Waals surface area contributed by atoms with E-state index in [2.05, 4.69) is 0 Å². The van der Waals surface area contributed by atoms with Crippen molar-refractivity contribution in [2.45, 2.75) is 18.4 Å². The van der Waals surface area contributed by atoms with Gasteiger partial charge in [0, 0.05) is 0 Å². The highest BCUT2D eigenvalue weighted by Gasteiger charge is 2.46. The number of aliphatic hydroxyl groups is 1. The van der Waals surface area contributed by atoms with Crippen molar-refractivity contribution in [3.05, 3.63) is 23.5 Å². The molecule has 0 bridgehead atoms. The van der Waals surface area contributed by atoms with Crippen LogP contribution in [0.2, 0.25) is 0 Å². The van der Waals surface area contributed by atoms with Crippen molar-refractivity contribution in [1.29, 1.82) is 0 Å². The molecular formula is C9H9FO3. The van der Waals surface area contributed by atoms with Gasteiger partial charge in [0.1, 0.15) is 5.75 Å². The second-order valence-electron chi connectivity index (χ2n) is 3.32. The van der Waals surface area contributed by atoms with Gasteiger partial charge in [0.25, 0.3) is 0 Å². The van der Waals surface area contributed by atoms with E-state index < -0.39 is 17.2 Å². The normalized spacial score (nSPS) is 18.6. The van der Waals surface area contributed by atoms with Crippen molar-refractivity contribution in [3.63, 3.8) is 0 Å². The summed E-state index contributed by atoms with van der Waals surface area (Å²) in [7, 11) is 0. The first-order valence-electron chi connectivity index (χ1n) is 3.98. The standard InChI is InChI=1S/C9H9FO3/c10-8-6(12)2-1-5(11)7(8)9(13)3-4-9/h1-2,11-13H,3-4H2. The summed E-state index contributed by atoms with van der Waals surface area (Å²) in [5, 5.41) is 27.9. The molecule has 3 nitrogen and oxygen atoms in total. The van der Waals surface area contributed by atoms with Gasteiger partial charge in [0.2, 0.25) is 0 Å². The Labute approximate surface area is 74.1 Å². The molecule has 70 valence electrons. The van der Waals surface area contributed by atoms with Gasteiger partial charge in [-0.25, -0.2) is 4.39 Å². The lowest BCUT2D eigenvalue weighted by atomic mass is 10.1. The molecule has 13 heavy (non-hydrogen) atoms. The number of phenolic OH excluding ortho intramolecular Hbond substituents is 2. The fourth-order valence-electron chi connectivity index (χ4n) is 1.37. The molecule has 4 heteroatoms. The molecule has 0 saturated heterocycles. The molecule has 0 heterocycles. The predicted molar refractivity (Wildman–Crippen MR) is 42.9 cm³/mol. The number of hydrogen-bond acceptors (Lipinski definition) is 3. The van der Waals surface area contributed by atoms with E-state index >= 15 is 0 Å². The summed E-state index contributed by atoms with van der Waals surface area (Å²) < 4.78 is 13.2.